The van der Waals surface area contributed by atoms with Crippen LogP contribution in [0.3, 0.4) is 0 Å². The predicted molar refractivity (Wildman–Crippen MR) is 81.7 cm³/mol. The maximum atomic E-state index is 10.2. The third-order valence-corrected chi connectivity index (χ3v) is 2.15. The van der Waals surface area contributed by atoms with E-state index in [-0.39, 0.29) is 5.97 Å². The lowest BCUT2D eigenvalue weighted by Gasteiger charge is -1.93. The number of nitrogens with zero attached hydrogens (tertiary/aromatic N) is 1. The van der Waals surface area contributed by atoms with Crippen molar-refractivity contribution in [2.75, 3.05) is 7.11 Å². The molecular formula is C17H19NO2. The van der Waals surface area contributed by atoms with Crippen LogP contribution in [0.25, 0.3) is 6.08 Å². The van der Waals surface area contributed by atoms with Gasteiger partial charge in [0.05, 0.1) is 13.2 Å². The van der Waals surface area contributed by atoms with Crippen LogP contribution in [0.2, 0.25) is 0 Å². The molecule has 0 saturated heterocycles. The molecule has 0 amide bonds. The standard InChI is InChI=1S/C12H11N.C5H8O2/c1-11(6-5-9-13)10-12-7-3-2-4-8-12;1-4(2)5(6)7-3/h2-8,10H,1H3;1H2,2-3H3. The van der Waals surface area contributed by atoms with Crippen LogP contribution in [0, 0.1) is 11.3 Å². The van der Waals surface area contributed by atoms with Gasteiger partial charge >= 0.3 is 5.97 Å². The van der Waals surface area contributed by atoms with Crippen molar-refractivity contribution in [3.05, 3.63) is 65.8 Å². The van der Waals surface area contributed by atoms with Crippen LogP contribution >= 0.6 is 0 Å². The molecule has 1 rings (SSSR count). The maximum absolute atomic E-state index is 10.2. The lowest BCUT2D eigenvalue weighted by Crippen LogP contribution is -1.98. The summed E-state index contributed by atoms with van der Waals surface area (Å²) in [6.07, 6.45) is 5.32. The molecule has 0 radical (unpaired) electrons. The van der Waals surface area contributed by atoms with Crippen LogP contribution in [0.5, 0.6) is 0 Å². The third kappa shape index (κ3) is 8.48. The van der Waals surface area contributed by atoms with Gasteiger partial charge in [-0.25, -0.2) is 4.79 Å². The van der Waals surface area contributed by atoms with Crippen molar-refractivity contribution < 1.29 is 9.53 Å². The zero-order valence-electron chi connectivity index (χ0n) is 12.1. The normalized spacial score (nSPS) is 10.2. The zero-order valence-corrected chi connectivity index (χ0v) is 12.1. The van der Waals surface area contributed by atoms with E-state index in [1.54, 1.807) is 13.0 Å². The Hall–Kier alpha value is -2.60. The monoisotopic (exact) mass is 269 g/mol. The molecule has 0 aliphatic carbocycles. The van der Waals surface area contributed by atoms with Gasteiger partial charge in [0.2, 0.25) is 0 Å². The second-order valence-corrected chi connectivity index (χ2v) is 4.03. The molecule has 0 bridgehead atoms. The number of hydrogen-bond acceptors (Lipinski definition) is 3. The molecule has 0 spiro atoms. The van der Waals surface area contributed by atoms with Gasteiger partial charge < -0.3 is 4.74 Å². The number of nitriles is 1. The Morgan fingerprint density at radius 2 is 1.90 bits per heavy atom. The number of carbonyl (C=O) groups is 1. The average molecular weight is 269 g/mol. The first-order chi connectivity index (χ1) is 9.51. The molecule has 0 aliphatic rings. The Kier molecular flexibility index (Phi) is 8.99. The molecule has 0 aromatic heterocycles. The molecule has 0 atom stereocenters. The number of hydrogen-bond donors (Lipinski definition) is 0. The Morgan fingerprint density at radius 1 is 1.30 bits per heavy atom. The highest BCUT2D eigenvalue weighted by Crippen LogP contribution is 2.06. The molecule has 1 aromatic carbocycles. The minimum Gasteiger partial charge on any atom is -0.466 e. The molecule has 0 aliphatic heterocycles. The van der Waals surface area contributed by atoms with Gasteiger partial charge in [-0.1, -0.05) is 43.0 Å². The van der Waals surface area contributed by atoms with Crippen molar-refractivity contribution in [3.8, 4) is 6.07 Å². The fourth-order valence-electron chi connectivity index (χ4n) is 1.20. The van der Waals surface area contributed by atoms with Crippen LogP contribution in [-0.2, 0) is 9.53 Å². The quantitative estimate of drug-likeness (QED) is 0.362. The zero-order chi connectivity index (χ0) is 15.4. The molecule has 1 aromatic rings. The highest BCUT2D eigenvalue weighted by molar-refractivity contribution is 5.86. The van der Waals surface area contributed by atoms with Crippen molar-refractivity contribution in [1.82, 2.24) is 0 Å². The van der Waals surface area contributed by atoms with Crippen LogP contribution < -0.4 is 0 Å². The van der Waals surface area contributed by atoms with Gasteiger partial charge in [-0.2, -0.15) is 5.26 Å². The van der Waals surface area contributed by atoms with Crippen molar-refractivity contribution in [3.63, 3.8) is 0 Å². The predicted octanol–water partition coefficient (Wildman–Crippen LogP) is 3.91. The summed E-state index contributed by atoms with van der Waals surface area (Å²) < 4.78 is 4.27. The largest absolute Gasteiger partial charge is 0.466 e. The van der Waals surface area contributed by atoms with E-state index in [1.165, 1.54) is 13.2 Å². The first-order valence-corrected chi connectivity index (χ1v) is 6.04. The van der Waals surface area contributed by atoms with E-state index in [1.807, 2.05) is 49.4 Å². The van der Waals surface area contributed by atoms with Crippen molar-refractivity contribution in [2.24, 2.45) is 0 Å². The summed E-state index contributed by atoms with van der Waals surface area (Å²) in [7, 11) is 1.33. The van der Waals surface area contributed by atoms with Gasteiger partial charge in [0.1, 0.15) is 0 Å². The fraction of sp³-hybridized carbons (Fsp3) is 0.176. The van der Waals surface area contributed by atoms with E-state index >= 15 is 0 Å². The van der Waals surface area contributed by atoms with Crippen molar-refractivity contribution in [1.29, 1.82) is 5.26 Å². The number of carbonyl (C=O) groups excluding carboxylic acids is 1. The molecule has 3 heteroatoms. The fourth-order valence-corrected chi connectivity index (χ4v) is 1.20. The van der Waals surface area contributed by atoms with Crippen LogP contribution in [0.4, 0.5) is 0 Å². The van der Waals surface area contributed by atoms with Gasteiger partial charge in [-0.15, -0.1) is 0 Å². The van der Waals surface area contributed by atoms with Gasteiger partial charge in [-0.3, -0.25) is 0 Å². The Bertz CT molecular complexity index is 534. The second kappa shape index (κ2) is 10.3. The third-order valence-electron chi connectivity index (χ3n) is 2.15. The summed E-state index contributed by atoms with van der Waals surface area (Å²) in [6, 6.07) is 12.0. The van der Waals surface area contributed by atoms with Gasteiger partial charge in [0.15, 0.2) is 0 Å². The van der Waals surface area contributed by atoms with Gasteiger partial charge in [0.25, 0.3) is 0 Å². The highest BCUT2D eigenvalue weighted by Gasteiger charge is 1.95. The molecule has 0 fully saturated rings. The van der Waals surface area contributed by atoms with Crippen LogP contribution in [-0.4, -0.2) is 13.1 Å². The SMILES string of the molecule is C=C(C)C(=O)OC.CC(C=CC#N)=Cc1ccccc1. The summed E-state index contributed by atoms with van der Waals surface area (Å²) in [5.41, 5.74) is 2.66. The molecule has 0 heterocycles. The Balaban J connectivity index is 0.000000441. The Morgan fingerprint density at radius 3 is 2.30 bits per heavy atom. The summed E-state index contributed by atoms with van der Waals surface area (Å²) >= 11 is 0. The second-order valence-electron chi connectivity index (χ2n) is 4.03. The van der Waals surface area contributed by atoms with Crippen LogP contribution in [0.15, 0.2) is 60.2 Å². The van der Waals surface area contributed by atoms with Gasteiger partial charge in [-0.05, 0) is 31.1 Å². The summed E-state index contributed by atoms with van der Waals surface area (Å²) in [6.45, 7) is 6.93. The van der Waals surface area contributed by atoms with E-state index in [2.05, 4.69) is 11.3 Å². The lowest BCUT2D eigenvalue weighted by atomic mass is 10.1. The average Bonchev–Trinajstić information content (AvgIpc) is 2.45. The molecule has 0 saturated carbocycles. The molecule has 20 heavy (non-hydrogen) atoms. The smallest absolute Gasteiger partial charge is 0.332 e. The maximum Gasteiger partial charge on any atom is 0.332 e. The number of benzene rings is 1. The molecule has 0 unspecified atom stereocenters. The number of rotatable bonds is 3. The van der Waals surface area contributed by atoms with Crippen LogP contribution in [0.1, 0.15) is 19.4 Å². The topological polar surface area (TPSA) is 50.1 Å². The van der Waals surface area contributed by atoms with E-state index in [9.17, 15) is 4.79 Å². The summed E-state index contributed by atoms with van der Waals surface area (Å²) in [5.74, 6) is -0.347. The van der Waals surface area contributed by atoms with Gasteiger partial charge in [0, 0.05) is 11.6 Å². The lowest BCUT2D eigenvalue weighted by molar-refractivity contribution is -0.136. The minimum absolute atomic E-state index is 0.347. The number of methoxy groups -OCH3 is 1. The summed E-state index contributed by atoms with van der Waals surface area (Å²) in [5, 5.41) is 8.32. The van der Waals surface area contributed by atoms with E-state index in [0.29, 0.717) is 5.57 Å². The minimum atomic E-state index is -0.347. The summed E-state index contributed by atoms with van der Waals surface area (Å²) in [4.78, 5) is 10.2. The first kappa shape index (κ1) is 17.4. The molecular weight excluding hydrogens is 250 g/mol. The van der Waals surface area contributed by atoms with Crippen molar-refractivity contribution >= 4 is 12.0 Å². The molecule has 104 valence electrons. The number of esters is 1. The van der Waals surface area contributed by atoms with E-state index < -0.39 is 0 Å². The number of ether oxygens (including phenoxy) is 1. The highest BCUT2D eigenvalue weighted by atomic mass is 16.5. The first-order valence-electron chi connectivity index (χ1n) is 6.04. The van der Waals surface area contributed by atoms with E-state index in [0.717, 1.165) is 11.1 Å². The Labute approximate surface area is 120 Å². The molecule has 3 nitrogen and oxygen atoms in total. The molecule has 0 N–H and O–H groups in total. The van der Waals surface area contributed by atoms with E-state index in [4.69, 9.17) is 5.26 Å². The number of allylic oxidation sites excluding steroid dienone is 3. The van der Waals surface area contributed by atoms with Crippen molar-refractivity contribution in [2.45, 2.75) is 13.8 Å².